The number of morpholine rings is 1. The van der Waals surface area contributed by atoms with Gasteiger partial charge >= 0.3 is 0 Å². The first-order valence-electron chi connectivity index (χ1n) is 8.23. The van der Waals surface area contributed by atoms with Crippen molar-refractivity contribution in [3.8, 4) is 0 Å². The maximum Gasteiger partial charge on any atom is 0.128 e. The molecule has 2 aromatic rings. The Hall–Kier alpha value is -1.70. The molecule has 1 aliphatic rings. The Bertz CT molecular complexity index is 622. The molecular formula is C16H26N6O. The van der Waals surface area contributed by atoms with E-state index < -0.39 is 0 Å². The molecule has 0 aromatic carbocycles. The van der Waals surface area contributed by atoms with E-state index in [2.05, 4.69) is 43.8 Å². The van der Waals surface area contributed by atoms with Gasteiger partial charge in [0.2, 0.25) is 0 Å². The van der Waals surface area contributed by atoms with Crippen LogP contribution in [0.25, 0.3) is 0 Å². The van der Waals surface area contributed by atoms with Gasteiger partial charge in [-0.15, -0.1) is 0 Å². The highest BCUT2D eigenvalue weighted by Crippen LogP contribution is 2.27. The molecule has 2 atom stereocenters. The van der Waals surface area contributed by atoms with Gasteiger partial charge in [-0.3, -0.25) is 10.00 Å². The highest BCUT2D eigenvalue weighted by atomic mass is 16.5. The zero-order valence-electron chi connectivity index (χ0n) is 14.1. The zero-order chi connectivity index (χ0) is 16.2. The number of H-pyrrole nitrogens is 1. The van der Waals surface area contributed by atoms with Gasteiger partial charge in [-0.25, -0.2) is 4.98 Å². The molecule has 3 rings (SSSR count). The Labute approximate surface area is 137 Å². The number of imidazole rings is 1. The van der Waals surface area contributed by atoms with Crippen LogP contribution in [-0.4, -0.2) is 57.0 Å². The maximum absolute atomic E-state index is 6.07. The fourth-order valence-corrected chi connectivity index (χ4v) is 3.20. The van der Waals surface area contributed by atoms with Crippen LogP contribution in [0.4, 0.5) is 0 Å². The summed E-state index contributed by atoms with van der Waals surface area (Å²) >= 11 is 0. The Morgan fingerprint density at radius 2 is 2.35 bits per heavy atom. The summed E-state index contributed by atoms with van der Waals surface area (Å²) in [6, 6.07) is 0.184. The molecule has 2 aromatic heterocycles. The molecule has 1 fully saturated rings. The van der Waals surface area contributed by atoms with Crippen LogP contribution in [0.15, 0.2) is 18.6 Å². The molecule has 0 radical (unpaired) electrons. The first-order valence-corrected chi connectivity index (χ1v) is 8.23. The lowest BCUT2D eigenvalue weighted by atomic mass is 10.1. The molecule has 3 heterocycles. The molecule has 126 valence electrons. The minimum Gasteiger partial charge on any atom is -0.373 e. The Morgan fingerprint density at radius 3 is 3.00 bits per heavy atom. The van der Waals surface area contributed by atoms with Crippen molar-refractivity contribution in [1.29, 1.82) is 0 Å². The second kappa shape index (κ2) is 7.25. The second-order valence-corrected chi connectivity index (χ2v) is 6.04. The maximum atomic E-state index is 6.07. The van der Waals surface area contributed by atoms with Crippen LogP contribution in [0.2, 0.25) is 0 Å². The number of hydrogen-bond donors (Lipinski definition) is 2. The van der Waals surface area contributed by atoms with E-state index >= 15 is 0 Å². The Kier molecular flexibility index (Phi) is 5.09. The number of aryl methyl sites for hydroxylation is 2. The van der Waals surface area contributed by atoms with E-state index in [-0.39, 0.29) is 12.1 Å². The van der Waals surface area contributed by atoms with Crippen molar-refractivity contribution in [2.24, 2.45) is 7.05 Å². The number of rotatable bonds is 6. The molecule has 1 aliphatic heterocycles. The minimum absolute atomic E-state index is 0.0908. The number of aromatic nitrogens is 4. The zero-order valence-corrected chi connectivity index (χ0v) is 14.1. The Morgan fingerprint density at radius 1 is 1.48 bits per heavy atom. The number of hydrogen-bond acceptors (Lipinski definition) is 5. The number of nitrogens with one attached hydrogen (secondary N) is 2. The van der Waals surface area contributed by atoms with Crippen LogP contribution < -0.4 is 5.32 Å². The molecule has 1 saturated heterocycles. The van der Waals surface area contributed by atoms with Crippen LogP contribution in [0.1, 0.15) is 30.0 Å². The molecule has 0 amide bonds. The van der Waals surface area contributed by atoms with Crippen molar-refractivity contribution in [2.45, 2.75) is 32.5 Å². The van der Waals surface area contributed by atoms with Crippen LogP contribution in [-0.2, 0) is 18.3 Å². The van der Waals surface area contributed by atoms with E-state index in [4.69, 9.17) is 4.74 Å². The third-order valence-corrected chi connectivity index (χ3v) is 4.57. The summed E-state index contributed by atoms with van der Waals surface area (Å²) in [4.78, 5) is 7.00. The lowest BCUT2D eigenvalue weighted by Crippen LogP contribution is -2.49. The third-order valence-electron chi connectivity index (χ3n) is 4.57. The molecule has 0 aliphatic carbocycles. The van der Waals surface area contributed by atoms with E-state index in [1.54, 1.807) is 0 Å². The fourth-order valence-electron chi connectivity index (χ4n) is 3.20. The second-order valence-electron chi connectivity index (χ2n) is 6.04. The standard InChI is InChI=1S/C16H26N6O/c1-4-22-7-8-23-14(15(22)16-18-5-6-21(16)3)11-17-10-13-12(2)9-19-20-13/h5-6,9,14-15,17H,4,7-8,10-11H2,1-3H3,(H,19,20)/t14-,15+/m0/s1. The van der Waals surface area contributed by atoms with Crippen molar-refractivity contribution < 1.29 is 4.74 Å². The van der Waals surface area contributed by atoms with E-state index in [0.717, 1.165) is 44.3 Å². The molecule has 0 unspecified atom stereocenters. The summed E-state index contributed by atoms with van der Waals surface area (Å²) in [6.45, 7) is 8.52. The summed E-state index contributed by atoms with van der Waals surface area (Å²) in [7, 11) is 2.04. The van der Waals surface area contributed by atoms with E-state index in [0.29, 0.717) is 0 Å². The average Bonchev–Trinajstić information content (AvgIpc) is 3.16. The van der Waals surface area contributed by atoms with Gasteiger partial charge in [0.25, 0.3) is 0 Å². The minimum atomic E-state index is 0.0908. The fraction of sp³-hybridized carbons (Fsp3) is 0.625. The number of likely N-dealkylation sites (N-methyl/N-ethyl adjacent to an activating group) is 1. The number of aromatic amines is 1. The summed E-state index contributed by atoms with van der Waals surface area (Å²) < 4.78 is 8.16. The van der Waals surface area contributed by atoms with Gasteiger partial charge in [0.1, 0.15) is 5.82 Å². The quantitative estimate of drug-likeness (QED) is 0.831. The lowest BCUT2D eigenvalue weighted by molar-refractivity contribution is -0.0730. The van der Waals surface area contributed by atoms with Crippen LogP contribution in [0, 0.1) is 6.92 Å². The molecule has 2 N–H and O–H groups in total. The molecule has 23 heavy (non-hydrogen) atoms. The SMILES string of the molecule is CCN1CCO[C@@H](CNCc2[nH]ncc2C)[C@@H]1c1nccn1C. The highest BCUT2D eigenvalue weighted by Gasteiger charge is 2.35. The van der Waals surface area contributed by atoms with Crippen LogP contribution in [0.3, 0.4) is 0 Å². The van der Waals surface area contributed by atoms with Gasteiger partial charge in [0.05, 0.1) is 30.6 Å². The molecule has 7 nitrogen and oxygen atoms in total. The van der Waals surface area contributed by atoms with Crippen LogP contribution >= 0.6 is 0 Å². The lowest BCUT2D eigenvalue weighted by Gasteiger charge is -2.40. The smallest absolute Gasteiger partial charge is 0.128 e. The average molecular weight is 318 g/mol. The number of ether oxygens (including phenoxy) is 1. The first kappa shape index (κ1) is 16.2. The summed E-state index contributed by atoms with van der Waals surface area (Å²) in [5.74, 6) is 1.07. The van der Waals surface area contributed by atoms with Crippen LogP contribution in [0.5, 0.6) is 0 Å². The third kappa shape index (κ3) is 3.46. The van der Waals surface area contributed by atoms with Gasteiger partial charge < -0.3 is 14.6 Å². The summed E-state index contributed by atoms with van der Waals surface area (Å²) in [5, 5.41) is 10.6. The molecule has 7 heteroatoms. The largest absolute Gasteiger partial charge is 0.373 e. The van der Waals surface area contributed by atoms with Crippen molar-refractivity contribution in [2.75, 3.05) is 26.2 Å². The predicted octanol–water partition coefficient (Wildman–Crippen LogP) is 1.00. The van der Waals surface area contributed by atoms with E-state index in [9.17, 15) is 0 Å². The van der Waals surface area contributed by atoms with E-state index in [1.165, 1.54) is 5.56 Å². The normalized spacial score (nSPS) is 22.6. The van der Waals surface area contributed by atoms with Crippen molar-refractivity contribution in [3.05, 3.63) is 35.7 Å². The monoisotopic (exact) mass is 318 g/mol. The van der Waals surface area contributed by atoms with Crippen molar-refractivity contribution in [1.82, 2.24) is 30.0 Å². The van der Waals surface area contributed by atoms with Crippen molar-refractivity contribution in [3.63, 3.8) is 0 Å². The summed E-state index contributed by atoms with van der Waals surface area (Å²) in [6.07, 6.45) is 5.80. The summed E-state index contributed by atoms with van der Waals surface area (Å²) in [5.41, 5.74) is 2.31. The van der Waals surface area contributed by atoms with Gasteiger partial charge in [-0.1, -0.05) is 6.92 Å². The molecule has 0 bridgehead atoms. The molecule has 0 spiro atoms. The van der Waals surface area contributed by atoms with Gasteiger partial charge in [0.15, 0.2) is 0 Å². The van der Waals surface area contributed by atoms with Gasteiger partial charge in [-0.05, 0) is 19.0 Å². The van der Waals surface area contributed by atoms with Gasteiger partial charge in [-0.2, -0.15) is 5.10 Å². The van der Waals surface area contributed by atoms with Crippen molar-refractivity contribution >= 4 is 0 Å². The molecule has 0 saturated carbocycles. The van der Waals surface area contributed by atoms with Gasteiger partial charge in [0, 0.05) is 39.1 Å². The first-order chi connectivity index (χ1) is 11.2. The topological polar surface area (TPSA) is 71.0 Å². The van der Waals surface area contributed by atoms with E-state index in [1.807, 2.05) is 25.6 Å². The Balaban J connectivity index is 1.68. The predicted molar refractivity (Wildman–Crippen MR) is 88.0 cm³/mol. The molecular weight excluding hydrogens is 292 g/mol. The highest BCUT2D eigenvalue weighted by molar-refractivity contribution is 5.13. The number of nitrogens with zero attached hydrogens (tertiary/aromatic N) is 4.